The minimum absolute atomic E-state index is 0.0303. The molecule has 0 fully saturated rings. The number of hydrogen-bond acceptors (Lipinski definition) is 6. The smallest absolute Gasteiger partial charge is 0.407 e. The van der Waals surface area contributed by atoms with Crippen molar-refractivity contribution < 1.29 is 23.9 Å². The molecule has 128 valence electrons. The Morgan fingerprint density at radius 1 is 1.22 bits per heavy atom. The van der Waals surface area contributed by atoms with E-state index in [9.17, 15) is 14.4 Å². The molecule has 0 bridgehead atoms. The van der Waals surface area contributed by atoms with E-state index in [2.05, 4.69) is 10.6 Å². The number of rotatable bonds is 7. The van der Waals surface area contributed by atoms with Crippen molar-refractivity contribution in [1.29, 1.82) is 0 Å². The van der Waals surface area contributed by atoms with Gasteiger partial charge in [0.05, 0.1) is 13.0 Å². The van der Waals surface area contributed by atoms with Gasteiger partial charge in [0.15, 0.2) is 6.61 Å². The maximum atomic E-state index is 11.5. The van der Waals surface area contributed by atoms with E-state index in [0.29, 0.717) is 6.54 Å². The molecule has 0 aliphatic rings. The first-order valence-corrected chi connectivity index (χ1v) is 8.06. The minimum Gasteiger partial charge on any atom is -0.456 e. The molecule has 7 nitrogen and oxygen atoms in total. The van der Waals surface area contributed by atoms with Crippen molar-refractivity contribution in [3.05, 3.63) is 22.4 Å². The Balaban J connectivity index is 2.09. The van der Waals surface area contributed by atoms with E-state index in [1.165, 1.54) is 11.3 Å². The third-order valence-corrected chi connectivity index (χ3v) is 3.28. The molecule has 8 heteroatoms. The Bertz CT molecular complexity index is 522. The zero-order valence-corrected chi connectivity index (χ0v) is 14.3. The van der Waals surface area contributed by atoms with E-state index in [4.69, 9.17) is 9.47 Å². The summed E-state index contributed by atoms with van der Waals surface area (Å²) >= 11 is 1.53. The van der Waals surface area contributed by atoms with E-state index in [0.717, 1.165) is 4.88 Å². The lowest BCUT2D eigenvalue weighted by Crippen LogP contribution is -2.34. The highest BCUT2D eigenvalue weighted by Crippen LogP contribution is 2.07. The highest BCUT2D eigenvalue weighted by Gasteiger charge is 2.16. The lowest BCUT2D eigenvalue weighted by atomic mass is 10.2. The molecule has 0 saturated carbocycles. The van der Waals surface area contributed by atoms with Crippen LogP contribution in [0.1, 0.15) is 32.1 Å². The number of nitrogens with one attached hydrogen (secondary N) is 2. The summed E-state index contributed by atoms with van der Waals surface area (Å²) < 4.78 is 9.84. The Hall–Kier alpha value is -2.09. The summed E-state index contributed by atoms with van der Waals surface area (Å²) in [6.45, 7) is 5.40. The van der Waals surface area contributed by atoms with Crippen molar-refractivity contribution in [2.75, 3.05) is 13.2 Å². The molecule has 0 spiro atoms. The van der Waals surface area contributed by atoms with Crippen LogP contribution < -0.4 is 10.6 Å². The molecule has 0 unspecified atom stereocenters. The number of amides is 2. The Labute approximate surface area is 139 Å². The standard InChI is InChI=1S/C15H22N2O5S/c1-15(2,3)22-14(20)16-7-6-13(19)21-10-12(18)17-9-11-5-4-8-23-11/h4-5,8H,6-7,9-10H2,1-3H3,(H,16,20)(H,17,18). The van der Waals surface area contributed by atoms with Gasteiger partial charge in [-0.1, -0.05) is 6.07 Å². The second-order valence-corrected chi connectivity index (χ2v) is 6.73. The average molecular weight is 342 g/mol. The summed E-state index contributed by atoms with van der Waals surface area (Å²) in [5.74, 6) is -0.931. The van der Waals surface area contributed by atoms with Gasteiger partial charge in [0.25, 0.3) is 5.91 Å². The zero-order valence-electron chi connectivity index (χ0n) is 13.5. The van der Waals surface area contributed by atoms with Crippen LogP contribution in [0.5, 0.6) is 0 Å². The normalized spacial score (nSPS) is 10.7. The Morgan fingerprint density at radius 2 is 1.96 bits per heavy atom. The number of carbonyl (C=O) groups is 3. The van der Waals surface area contributed by atoms with Gasteiger partial charge >= 0.3 is 12.1 Å². The van der Waals surface area contributed by atoms with Crippen LogP contribution in [0.3, 0.4) is 0 Å². The van der Waals surface area contributed by atoms with Crippen LogP contribution in [-0.2, 0) is 25.6 Å². The first-order valence-electron chi connectivity index (χ1n) is 7.18. The van der Waals surface area contributed by atoms with Crippen LogP contribution in [0.25, 0.3) is 0 Å². The van der Waals surface area contributed by atoms with Crippen molar-refractivity contribution >= 4 is 29.3 Å². The predicted octanol–water partition coefficient (Wildman–Crippen LogP) is 1.82. The molecule has 2 amide bonds. The second-order valence-electron chi connectivity index (χ2n) is 5.70. The van der Waals surface area contributed by atoms with Crippen LogP contribution in [0.15, 0.2) is 17.5 Å². The third kappa shape index (κ3) is 9.51. The van der Waals surface area contributed by atoms with Crippen molar-refractivity contribution in [2.45, 2.75) is 39.3 Å². The molecule has 23 heavy (non-hydrogen) atoms. The second kappa shape index (κ2) is 9.14. The molecular weight excluding hydrogens is 320 g/mol. The van der Waals surface area contributed by atoms with Crippen LogP contribution in [0.4, 0.5) is 4.79 Å². The van der Waals surface area contributed by atoms with E-state index < -0.39 is 17.7 Å². The van der Waals surface area contributed by atoms with Gasteiger partial charge in [-0.05, 0) is 32.2 Å². The third-order valence-electron chi connectivity index (χ3n) is 2.40. The summed E-state index contributed by atoms with van der Waals surface area (Å²) in [6, 6.07) is 3.79. The highest BCUT2D eigenvalue weighted by molar-refractivity contribution is 7.09. The van der Waals surface area contributed by atoms with E-state index in [-0.39, 0.29) is 25.5 Å². The quantitative estimate of drug-likeness (QED) is 0.737. The van der Waals surface area contributed by atoms with Gasteiger partial charge in [0.2, 0.25) is 0 Å². The Morgan fingerprint density at radius 3 is 2.57 bits per heavy atom. The van der Waals surface area contributed by atoms with Gasteiger partial charge in [0, 0.05) is 11.4 Å². The molecule has 1 rings (SSSR count). The highest BCUT2D eigenvalue weighted by atomic mass is 32.1. The molecule has 2 N–H and O–H groups in total. The number of thiophene rings is 1. The van der Waals surface area contributed by atoms with Crippen LogP contribution >= 0.6 is 11.3 Å². The summed E-state index contributed by atoms with van der Waals surface area (Å²) in [5, 5.41) is 7.00. The summed E-state index contributed by atoms with van der Waals surface area (Å²) in [7, 11) is 0. The van der Waals surface area contributed by atoms with E-state index >= 15 is 0 Å². The molecule has 0 radical (unpaired) electrons. The Kier molecular flexibility index (Phi) is 7.53. The molecule has 1 aromatic rings. The summed E-state index contributed by atoms with van der Waals surface area (Å²) in [5.41, 5.74) is -0.592. The number of hydrogen-bond donors (Lipinski definition) is 2. The largest absolute Gasteiger partial charge is 0.456 e. The van der Waals surface area contributed by atoms with Crippen LogP contribution in [-0.4, -0.2) is 36.7 Å². The van der Waals surface area contributed by atoms with Crippen molar-refractivity contribution in [3.8, 4) is 0 Å². The summed E-state index contributed by atoms with van der Waals surface area (Å²) in [4.78, 5) is 35.3. The zero-order chi connectivity index (χ0) is 17.3. The maximum absolute atomic E-state index is 11.5. The fourth-order valence-electron chi connectivity index (χ4n) is 1.45. The van der Waals surface area contributed by atoms with E-state index in [1.807, 2.05) is 17.5 Å². The lowest BCUT2D eigenvalue weighted by Gasteiger charge is -2.19. The lowest BCUT2D eigenvalue weighted by molar-refractivity contribution is -0.148. The van der Waals surface area contributed by atoms with Crippen molar-refractivity contribution in [1.82, 2.24) is 10.6 Å². The van der Waals surface area contributed by atoms with Gasteiger partial charge in [-0.3, -0.25) is 9.59 Å². The first kappa shape index (κ1) is 19.0. The molecule has 1 aromatic heterocycles. The van der Waals surface area contributed by atoms with Crippen molar-refractivity contribution in [2.24, 2.45) is 0 Å². The number of carbonyl (C=O) groups excluding carboxylic acids is 3. The van der Waals surface area contributed by atoms with Crippen LogP contribution in [0, 0.1) is 0 Å². The van der Waals surface area contributed by atoms with Crippen molar-refractivity contribution in [3.63, 3.8) is 0 Å². The average Bonchev–Trinajstić information content (AvgIpc) is 2.94. The fourth-order valence-corrected chi connectivity index (χ4v) is 2.09. The molecule has 0 aliphatic heterocycles. The molecule has 0 aliphatic carbocycles. The molecule has 0 atom stereocenters. The van der Waals surface area contributed by atoms with Gasteiger partial charge in [-0.25, -0.2) is 4.79 Å². The van der Waals surface area contributed by atoms with Gasteiger partial charge in [-0.15, -0.1) is 11.3 Å². The summed E-state index contributed by atoms with van der Waals surface area (Å²) in [6.07, 6.45) is -0.628. The topological polar surface area (TPSA) is 93.7 Å². The van der Waals surface area contributed by atoms with Gasteiger partial charge in [-0.2, -0.15) is 0 Å². The SMILES string of the molecule is CC(C)(C)OC(=O)NCCC(=O)OCC(=O)NCc1cccs1. The maximum Gasteiger partial charge on any atom is 0.407 e. The number of alkyl carbamates (subject to hydrolysis) is 1. The number of esters is 1. The molecular formula is C15H22N2O5S. The number of ether oxygens (including phenoxy) is 2. The van der Waals surface area contributed by atoms with Crippen LogP contribution in [0.2, 0.25) is 0 Å². The first-order chi connectivity index (χ1) is 10.8. The fraction of sp³-hybridized carbons (Fsp3) is 0.533. The monoisotopic (exact) mass is 342 g/mol. The predicted molar refractivity (Wildman–Crippen MR) is 86.0 cm³/mol. The molecule has 0 aromatic carbocycles. The van der Waals surface area contributed by atoms with E-state index in [1.54, 1.807) is 20.8 Å². The molecule has 0 saturated heterocycles. The van der Waals surface area contributed by atoms with Gasteiger partial charge < -0.3 is 20.1 Å². The molecule has 1 heterocycles. The van der Waals surface area contributed by atoms with Gasteiger partial charge in [0.1, 0.15) is 5.60 Å². The minimum atomic E-state index is -0.598.